The quantitative estimate of drug-likeness (QED) is 0.766. The zero-order chi connectivity index (χ0) is 16.9. The van der Waals surface area contributed by atoms with E-state index in [9.17, 15) is 13.6 Å². The lowest BCUT2D eigenvalue weighted by Gasteiger charge is -2.08. The topological polar surface area (TPSA) is 66.9 Å². The number of anilines is 3. The van der Waals surface area contributed by atoms with Crippen LogP contribution in [0.5, 0.6) is 0 Å². The Labute approximate surface area is 136 Å². The maximum atomic E-state index is 13.2. The molecule has 2 N–H and O–H groups in total. The number of nitrogens with one attached hydrogen (secondary N) is 2. The van der Waals surface area contributed by atoms with Crippen LogP contribution in [0.1, 0.15) is 10.5 Å². The van der Waals surface area contributed by atoms with Gasteiger partial charge in [0.15, 0.2) is 0 Å². The van der Waals surface area contributed by atoms with Gasteiger partial charge in [-0.1, -0.05) is 12.1 Å². The molecule has 120 valence electrons. The number of rotatable bonds is 4. The van der Waals surface area contributed by atoms with Gasteiger partial charge in [-0.3, -0.25) is 4.79 Å². The third-order valence-electron chi connectivity index (χ3n) is 3.08. The molecule has 0 atom stereocenters. The Kier molecular flexibility index (Phi) is 4.42. The molecular weight excluding hydrogens is 314 g/mol. The molecular formula is C17H12F2N4O. The van der Waals surface area contributed by atoms with Gasteiger partial charge in [0, 0.05) is 17.4 Å². The number of halogens is 2. The molecule has 0 spiro atoms. The van der Waals surface area contributed by atoms with Crippen molar-refractivity contribution in [1.29, 1.82) is 0 Å². The third kappa shape index (κ3) is 3.89. The predicted octanol–water partition coefficient (Wildman–Crippen LogP) is 3.75. The minimum atomic E-state index is -0.509. The van der Waals surface area contributed by atoms with E-state index in [1.807, 2.05) is 0 Å². The fourth-order valence-corrected chi connectivity index (χ4v) is 2.03. The largest absolute Gasteiger partial charge is 0.340 e. The van der Waals surface area contributed by atoms with Crippen molar-refractivity contribution in [3.63, 3.8) is 0 Å². The molecule has 0 saturated carbocycles. The highest BCUT2D eigenvalue weighted by molar-refractivity contribution is 6.03. The number of benzene rings is 2. The van der Waals surface area contributed by atoms with Crippen molar-refractivity contribution in [2.24, 2.45) is 0 Å². The van der Waals surface area contributed by atoms with Gasteiger partial charge in [0.1, 0.15) is 29.5 Å². The summed E-state index contributed by atoms with van der Waals surface area (Å²) >= 11 is 0. The minimum Gasteiger partial charge on any atom is -0.340 e. The summed E-state index contributed by atoms with van der Waals surface area (Å²) < 4.78 is 26.3. The van der Waals surface area contributed by atoms with Crippen LogP contribution < -0.4 is 10.6 Å². The van der Waals surface area contributed by atoms with Crippen LogP contribution in [-0.4, -0.2) is 15.9 Å². The second-order valence-corrected chi connectivity index (χ2v) is 4.89. The van der Waals surface area contributed by atoms with Crippen molar-refractivity contribution in [3.8, 4) is 0 Å². The molecule has 5 nitrogen and oxygen atoms in total. The smallest absolute Gasteiger partial charge is 0.274 e. The van der Waals surface area contributed by atoms with Crippen molar-refractivity contribution < 1.29 is 13.6 Å². The van der Waals surface area contributed by atoms with E-state index in [0.29, 0.717) is 17.2 Å². The summed E-state index contributed by atoms with van der Waals surface area (Å²) in [5.41, 5.74) is 0.900. The van der Waals surface area contributed by atoms with Crippen LogP contribution in [0.3, 0.4) is 0 Å². The number of nitrogens with zero attached hydrogens (tertiary/aromatic N) is 2. The summed E-state index contributed by atoms with van der Waals surface area (Å²) in [6, 6.07) is 12.8. The molecule has 1 aromatic heterocycles. The number of hydrogen-bond acceptors (Lipinski definition) is 4. The number of carbonyl (C=O) groups is 1. The van der Waals surface area contributed by atoms with E-state index >= 15 is 0 Å². The fourth-order valence-electron chi connectivity index (χ4n) is 2.03. The number of amides is 1. The van der Waals surface area contributed by atoms with Crippen molar-refractivity contribution >= 4 is 23.1 Å². The molecule has 0 unspecified atom stereocenters. The van der Waals surface area contributed by atoms with E-state index in [0.717, 1.165) is 0 Å². The van der Waals surface area contributed by atoms with E-state index in [1.165, 1.54) is 42.7 Å². The Morgan fingerprint density at radius 1 is 0.875 bits per heavy atom. The molecule has 0 aliphatic carbocycles. The number of hydrogen-bond donors (Lipinski definition) is 2. The van der Waals surface area contributed by atoms with Gasteiger partial charge in [-0.25, -0.2) is 18.7 Å². The van der Waals surface area contributed by atoms with Crippen molar-refractivity contribution in [1.82, 2.24) is 9.97 Å². The molecule has 3 aromatic rings. The van der Waals surface area contributed by atoms with Crippen LogP contribution in [0.4, 0.5) is 26.0 Å². The zero-order valence-electron chi connectivity index (χ0n) is 12.3. The number of carbonyl (C=O) groups excluding carboxylic acids is 1. The van der Waals surface area contributed by atoms with Gasteiger partial charge in [-0.05, 0) is 36.4 Å². The molecule has 0 aliphatic heterocycles. The second kappa shape index (κ2) is 6.82. The normalized spacial score (nSPS) is 10.2. The van der Waals surface area contributed by atoms with Crippen molar-refractivity contribution in [3.05, 3.63) is 78.3 Å². The van der Waals surface area contributed by atoms with E-state index in [4.69, 9.17) is 0 Å². The van der Waals surface area contributed by atoms with E-state index in [2.05, 4.69) is 20.6 Å². The van der Waals surface area contributed by atoms with Gasteiger partial charge < -0.3 is 10.6 Å². The van der Waals surface area contributed by atoms with Gasteiger partial charge in [0.2, 0.25) is 0 Å². The summed E-state index contributed by atoms with van der Waals surface area (Å²) in [5, 5.41) is 5.42. The molecule has 0 radical (unpaired) electrons. The van der Waals surface area contributed by atoms with Gasteiger partial charge in [-0.2, -0.15) is 0 Å². The highest BCUT2D eigenvalue weighted by Gasteiger charge is 2.10. The first kappa shape index (κ1) is 15.5. The molecule has 0 bridgehead atoms. The van der Waals surface area contributed by atoms with Crippen molar-refractivity contribution in [2.45, 2.75) is 0 Å². The summed E-state index contributed by atoms with van der Waals surface area (Å²) in [7, 11) is 0. The lowest BCUT2D eigenvalue weighted by Crippen LogP contribution is -2.14. The predicted molar refractivity (Wildman–Crippen MR) is 86.1 cm³/mol. The minimum absolute atomic E-state index is 0.0909. The molecule has 7 heteroatoms. The van der Waals surface area contributed by atoms with Crippen LogP contribution in [0.2, 0.25) is 0 Å². The average Bonchev–Trinajstić information content (AvgIpc) is 2.55. The summed E-state index contributed by atoms with van der Waals surface area (Å²) in [5.74, 6) is -1.02. The molecule has 1 amide bonds. The molecule has 0 aliphatic rings. The summed E-state index contributed by atoms with van der Waals surface area (Å²) in [6.07, 6.45) is 1.21. The fraction of sp³-hybridized carbons (Fsp3) is 0. The van der Waals surface area contributed by atoms with Crippen LogP contribution >= 0.6 is 0 Å². The summed E-state index contributed by atoms with van der Waals surface area (Å²) in [4.78, 5) is 20.0. The third-order valence-corrected chi connectivity index (χ3v) is 3.08. The lowest BCUT2D eigenvalue weighted by molar-refractivity contribution is 0.102. The van der Waals surface area contributed by atoms with Crippen LogP contribution in [0.15, 0.2) is 60.9 Å². The highest BCUT2D eigenvalue weighted by atomic mass is 19.1. The summed E-state index contributed by atoms with van der Waals surface area (Å²) in [6.45, 7) is 0. The van der Waals surface area contributed by atoms with Gasteiger partial charge >= 0.3 is 0 Å². The Hall–Kier alpha value is -3.35. The first-order valence-corrected chi connectivity index (χ1v) is 7.02. The second-order valence-electron chi connectivity index (χ2n) is 4.89. The van der Waals surface area contributed by atoms with Crippen LogP contribution in [0.25, 0.3) is 0 Å². The zero-order valence-corrected chi connectivity index (χ0v) is 12.3. The lowest BCUT2D eigenvalue weighted by atomic mass is 10.3. The molecule has 0 saturated heterocycles. The standard InChI is InChI=1S/C17H12F2N4O/c18-11-3-1-5-13(7-11)22-16-9-15(20-10-21-16)17(24)23-14-6-2-4-12(19)8-14/h1-10H,(H,23,24)(H,20,21,22). The first-order chi connectivity index (χ1) is 11.6. The SMILES string of the molecule is O=C(Nc1cccc(F)c1)c1cc(Nc2cccc(F)c2)ncn1. The Balaban J connectivity index is 1.76. The van der Waals surface area contributed by atoms with Gasteiger partial charge in [0.25, 0.3) is 5.91 Å². The van der Waals surface area contributed by atoms with Crippen LogP contribution in [-0.2, 0) is 0 Å². The molecule has 3 rings (SSSR count). The van der Waals surface area contributed by atoms with Gasteiger partial charge in [0.05, 0.1) is 0 Å². The Bertz CT molecular complexity index is 886. The number of aromatic nitrogens is 2. The van der Waals surface area contributed by atoms with E-state index in [1.54, 1.807) is 18.2 Å². The Morgan fingerprint density at radius 2 is 1.54 bits per heavy atom. The highest BCUT2D eigenvalue weighted by Crippen LogP contribution is 2.16. The average molecular weight is 326 g/mol. The van der Waals surface area contributed by atoms with Crippen LogP contribution in [0, 0.1) is 11.6 Å². The monoisotopic (exact) mass is 326 g/mol. The first-order valence-electron chi connectivity index (χ1n) is 7.02. The van der Waals surface area contributed by atoms with Gasteiger partial charge in [-0.15, -0.1) is 0 Å². The molecule has 24 heavy (non-hydrogen) atoms. The molecule has 2 aromatic carbocycles. The molecule has 0 fully saturated rings. The van der Waals surface area contributed by atoms with E-state index < -0.39 is 17.5 Å². The van der Waals surface area contributed by atoms with Crippen molar-refractivity contribution in [2.75, 3.05) is 10.6 Å². The Morgan fingerprint density at radius 3 is 2.25 bits per heavy atom. The maximum Gasteiger partial charge on any atom is 0.274 e. The maximum absolute atomic E-state index is 13.2. The molecule has 1 heterocycles. The van der Waals surface area contributed by atoms with E-state index in [-0.39, 0.29) is 5.69 Å².